The number of aliphatic hydroxyl groups excluding tert-OH is 11. The van der Waals surface area contributed by atoms with Crippen LogP contribution in [0, 0.1) is 0 Å². The molecule has 0 spiro atoms. The van der Waals surface area contributed by atoms with E-state index in [9.17, 15) is 61.0 Å². The van der Waals surface area contributed by atoms with Gasteiger partial charge in [0.2, 0.25) is 5.91 Å². The van der Waals surface area contributed by atoms with Gasteiger partial charge in [-0.3, -0.25) is 4.79 Å². The van der Waals surface area contributed by atoms with Gasteiger partial charge in [0.25, 0.3) is 0 Å². The number of nitrogens with one attached hydrogen (secondary N) is 1. The Kier molecular flexibility index (Phi) is 46.9. The molecule has 516 valence electrons. The molecule has 0 saturated carbocycles. The fraction of sp³-hybridized carbons (Fsp3) is 0.899. The Morgan fingerprint density at radius 3 is 1.14 bits per heavy atom. The number of carbonyl (C=O) groups is 1. The average Bonchev–Trinajstić information content (AvgIpc) is 3.69. The Bertz CT molecular complexity index is 1740. The molecule has 3 rings (SSSR count). The Balaban J connectivity index is 1.44. The van der Waals surface area contributed by atoms with Crippen LogP contribution in [-0.2, 0) is 33.2 Å². The molecule has 0 aliphatic carbocycles. The van der Waals surface area contributed by atoms with Crippen LogP contribution < -0.4 is 5.32 Å². The van der Waals surface area contributed by atoms with Gasteiger partial charge >= 0.3 is 0 Å². The summed E-state index contributed by atoms with van der Waals surface area (Å²) in [5.41, 5.74) is 0. The van der Waals surface area contributed by atoms with E-state index < -0.39 is 124 Å². The maximum atomic E-state index is 13.4. The predicted octanol–water partition coefficient (Wildman–Crippen LogP) is 9.22. The minimum Gasteiger partial charge on any atom is -0.394 e. The molecule has 12 N–H and O–H groups in total. The first kappa shape index (κ1) is 80.2. The van der Waals surface area contributed by atoms with Crippen LogP contribution in [-0.4, -0.2) is 193 Å². The molecule has 0 aromatic carbocycles. The Labute approximate surface area is 530 Å². The minimum absolute atomic E-state index is 0.236. The molecule has 3 fully saturated rings. The van der Waals surface area contributed by atoms with E-state index >= 15 is 0 Å². The smallest absolute Gasteiger partial charge is 0.220 e. The highest BCUT2D eigenvalue weighted by atomic mass is 16.8. The number of carbonyl (C=O) groups excluding carboxylic acids is 1. The first-order valence-electron chi connectivity index (χ1n) is 35.2. The quantitative estimate of drug-likeness (QED) is 0.0199. The van der Waals surface area contributed by atoms with Crippen LogP contribution in [0.2, 0.25) is 0 Å². The molecule has 0 aromatic rings. The summed E-state index contributed by atoms with van der Waals surface area (Å²) in [7, 11) is 0. The van der Waals surface area contributed by atoms with Crippen molar-refractivity contribution in [3.63, 3.8) is 0 Å². The fourth-order valence-electron chi connectivity index (χ4n) is 11.9. The summed E-state index contributed by atoms with van der Waals surface area (Å²) in [6.45, 7) is 1.73. The lowest BCUT2D eigenvalue weighted by Gasteiger charge is -2.48. The summed E-state index contributed by atoms with van der Waals surface area (Å²) in [5, 5.41) is 120. The second-order valence-electron chi connectivity index (χ2n) is 25.3. The number of rotatable bonds is 54. The summed E-state index contributed by atoms with van der Waals surface area (Å²) in [6, 6.07) is -0.994. The van der Waals surface area contributed by atoms with Gasteiger partial charge in [0, 0.05) is 6.42 Å². The van der Waals surface area contributed by atoms with Crippen molar-refractivity contribution in [2.45, 2.75) is 369 Å². The number of aliphatic hydroxyl groups is 11. The topological polar surface area (TPSA) is 307 Å². The molecule has 3 aliphatic rings. The van der Waals surface area contributed by atoms with Crippen LogP contribution >= 0.6 is 0 Å². The van der Waals surface area contributed by atoms with E-state index in [-0.39, 0.29) is 18.9 Å². The maximum absolute atomic E-state index is 13.4. The first-order chi connectivity index (χ1) is 42.8. The molecular weight excluding hydrogens is 1130 g/mol. The van der Waals surface area contributed by atoms with Crippen molar-refractivity contribution in [2.24, 2.45) is 0 Å². The van der Waals surface area contributed by atoms with Crippen molar-refractivity contribution in [1.82, 2.24) is 5.32 Å². The highest BCUT2D eigenvalue weighted by Gasteiger charge is 2.53. The second-order valence-corrected chi connectivity index (χ2v) is 25.3. The first-order valence-corrected chi connectivity index (χ1v) is 35.2. The number of hydrogen-bond acceptors (Lipinski definition) is 18. The number of hydrogen-bond donors (Lipinski definition) is 12. The monoisotopic (exact) mass is 1260 g/mol. The SMILES string of the molecule is CCCCCCCCCC/C=C/CC/C=C/CC/C=C/C(O)C(COC1OC(CO)C(OC2OC(CO)C(OC3OC(CO)C(O)C(O)C3O)C(O)C2O)C(O)C1O)NC(=O)CCCCCCCCCCCCCCCCCCCCCCCCCCC. The van der Waals surface area contributed by atoms with Gasteiger partial charge < -0.3 is 89.9 Å². The van der Waals surface area contributed by atoms with Crippen molar-refractivity contribution in [2.75, 3.05) is 26.4 Å². The fourth-order valence-corrected chi connectivity index (χ4v) is 11.9. The van der Waals surface area contributed by atoms with Crippen molar-refractivity contribution in [3.05, 3.63) is 36.5 Å². The molecule has 19 heteroatoms. The van der Waals surface area contributed by atoms with Gasteiger partial charge in [0.05, 0.1) is 38.6 Å². The van der Waals surface area contributed by atoms with E-state index in [2.05, 4.69) is 43.5 Å². The van der Waals surface area contributed by atoms with E-state index in [0.29, 0.717) is 12.8 Å². The molecule has 17 atom stereocenters. The molecule has 3 aliphatic heterocycles. The standard InChI is InChI=1S/C69H127NO18/c1-3-5-7-9-11-13-15-17-19-21-23-24-25-26-27-28-29-31-33-35-37-39-41-43-45-47-57(75)70-52(53(74)46-44-42-40-38-36-34-32-30-22-20-18-16-14-12-10-8-6-4-2)51-83-67-63(81)60(78)65(55(49-72)85-67)88-69-64(82)61(79)66(56(50-73)86-69)87-68-62(80)59(77)58(76)54(48-71)84-68/h22,30,36,38,44,46,52-56,58-69,71-74,76-82H,3-21,23-29,31-35,37,39-43,45,47-51H2,1-2H3,(H,70,75)/b30-22+,38-36+,46-44+. The largest absolute Gasteiger partial charge is 0.394 e. The summed E-state index contributed by atoms with van der Waals surface area (Å²) in [5.74, 6) is -0.285. The lowest BCUT2D eigenvalue weighted by molar-refractivity contribution is -0.379. The van der Waals surface area contributed by atoms with Gasteiger partial charge in [0.15, 0.2) is 18.9 Å². The number of allylic oxidation sites excluding steroid dienone is 5. The average molecular weight is 1260 g/mol. The molecule has 0 bridgehead atoms. The highest BCUT2D eigenvalue weighted by molar-refractivity contribution is 5.76. The van der Waals surface area contributed by atoms with E-state index in [0.717, 1.165) is 44.9 Å². The van der Waals surface area contributed by atoms with E-state index in [1.54, 1.807) is 6.08 Å². The molecule has 88 heavy (non-hydrogen) atoms. The highest BCUT2D eigenvalue weighted by Crippen LogP contribution is 2.33. The van der Waals surface area contributed by atoms with Crippen LogP contribution in [0.25, 0.3) is 0 Å². The van der Waals surface area contributed by atoms with Crippen LogP contribution in [0.15, 0.2) is 36.5 Å². The van der Waals surface area contributed by atoms with Gasteiger partial charge in [-0.15, -0.1) is 0 Å². The van der Waals surface area contributed by atoms with Crippen molar-refractivity contribution in [1.29, 1.82) is 0 Å². The Morgan fingerprint density at radius 2 is 0.727 bits per heavy atom. The van der Waals surface area contributed by atoms with Crippen LogP contribution in [0.3, 0.4) is 0 Å². The zero-order valence-electron chi connectivity index (χ0n) is 54.5. The molecule has 17 unspecified atom stereocenters. The lowest BCUT2D eigenvalue weighted by Crippen LogP contribution is -2.66. The third-order valence-electron chi connectivity index (χ3n) is 17.7. The normalized spacial score (nSPS) is 28.6. The molecule has 0 radical (unpaired) electrons. The third kappa shape index (κ3) is 33.2. The summed E-state index contributed by atoms with van der Waals surface area (Å²) >= 11 is 0. The molecule has 3 saturated heterocycles. The maximum Gasteiger partial charge on any atom is 0.220 e. The summed E-state index contributed by atoms with van der Waals surface area (Å²) < 4.78 is 34.3. The van der Waals surface area contributed by atoms with Crippen LogP contribution in [0.4, 0.5) is 0 Å². The molecule has 3 heterocycles. The second kappa shape index (κ2) is 51.4. The predicted molar refractivity (Wildman–Crippen MR) is 342 cm³/mol. The Morgan fingerprint density at radius 1 is 0.398 bits per heavy atom. The van der Waals surface area contributed by atoms with E-state index in [4.69, 9.17) is 28.4 Å². The van der Waals surface area contributed by atoms with Crippen molar-refractivity contribution in [3.8, 4) is 0 Å². The van der Waals surface area contributed by atoms with Crippen LogP contribution in [0.5, 0.6) is 0 Å². The third-order valence-corrected chi connectivity index (χ3v) is 17.7. The van der Waals surface area contributed by atoms with E-state index in [1.807, 2.05) is 6.08 Å². The van der Waals surface area contributed by atoms with Crippen LogP contribution in [0.1, 0.15) is 264 Å². The molecule has 0 aromatic heterocycles. The van der Waals surface area contributed by atoms with Gasteiger partial charge in [-0.25, -0.2) is 0 Å². The van der Waals surface area contributed by atoms with Gasteiger partial charge in [-0.05, 0) is 44.9 Å². The molecule has 1 amide bonds. The van der Waals surface area contributed by atoms with Crippen molar-refractivity contribution < 1.29 is 89.4 Å². The Hall–Kier alpha value is -1.99. The zero-order valence-corrected chi connectivity index (χ0v) is 54.5. The van der Waals surface area contributed by atoms with Crippen molar-refractivity contribution >= 4 is 5.91 Å². The van der Waals surface area contributed by atoms with E-state index in [1.165, 1.54) is 186 Å². The zero-order chi connectivity index (χ0) is 64.0. The number of amides is 1. The lowest BCUT2D eigenvalue weighted by atomic mass is 9.96. The minimum atomic E-state index is -1.98. The summed E-state index contributed by atoms with van der Waals surface area (Å²) in [4.78, 5) is 13.4. The molecular formula is C69H127NO18. The number of ether oxygens (including phenoxy) is 6. The molecule has 19 nitrogen and oxygen atoms in total. The number of unbranched alkanes of at least 4 members (excludes halogenated alkanes) is 34. The van der Waals surface area contributed by atoms with Gasteiger partial charge in [-0.1, -0.05) is 249 Å². The van der Waals surface area contributed by atoms with Gasteiger partial charge in [0.1, 0.15) is 73.2 Å². The summed E-state index contributed by atoms with van der Waals surface area (Å²) in [6.07, 6.45) is 32.7. The van der Waals surface area contributed by atoms with Gasteiger partial charge in [-0.2, -0.15) is 0 Å².